The van der Waals surface area contributed by atoms with Crippen molar-refractivity contribution in [3.8, 4) is 5.75 Å². The summed E-state index contributed by atoms with van der Waals surface area (Å²) in [7, 11) is 0. The van der Waals surface area contributed by atoms with Gasteiger partial charge in [0.1, 0.15) is 12.4 Å². The number of benzene rings is 2. The molecular formula is C20H19IN2O4. The highest BCUT2D eigenvalue weighted by Crippen LogP contribution is 2.28. The first-order chi connectivity index (χ1) is 13.1. The van der Waals surface area contributed by atoms with E-state index in [0.717, 1.165) is 9.13 Å². The zero-order valence-electron chi connectivity index (χ0n) is 14.7. The molecule has 0 saturated carbocycles. The minimum absolute atomic E-state index is 0.0465. The second kappa shape index (κ2) is 8.90. The van der Waals surface area contributed by atoms with Crippen LogP contribution in [0.15, 0.2) is 65.9 Å². The van der Waals surface area contributed by atoms with Crippen LogP contribution in [-0.4, -0.2) is 25.2 Å². The lowest BCUT2D eigenvalue weighted by Crippen LogP contribution is -2.47. The van der Waals surface area contributed by atoms with Gasteiger partial charge in [-0.25, -0.2) is 9.59 Å². The molecule has 2 aromatic rings. The van der Waals surface area contributed by atoms with Gasteiger partial charge in [-0.2, -0.15) is 0 Å². The van der Waals surface area contributed by atoms with Crippen LogP contribution in [0.4, 0.5) is 4.79 Å². The Bertz CT molecular complexity index is 867. The normalized spacial score (nSPS) is 16.4. The van der Waals surface area contributed by atoms with Crippen LogP contribution >= 0.6 is 22.6 Å². The molecule has 7 heteroatoms. The van der Waals surface area contributed by atoms with E-state index in [1.165, 1.54) is 0 Å². The van der Waals surface area contributed by atoms with Crippen molar-refractivity contribution in [2.24, 2.45) is 0 Å². The van der Waals surface area contributed by atoms with Crippen LogP contribution < -0.4 is 15.4 Å². The number of urea groups is 1. The summed E-state index contributed by atoms with van der Waals surface area (Å²) in [5.74, 6) is 0.193. The molecule has 1 aliphatic rings. The van der Waals surface area contributed by atoms with Crippen LogP contribution in [0.25, 0.3) is 0 Å². The first kappa shape index (κ1) is 19.2. The highest BCUT2D eigenvalue weighted by Gasteiger charge is 2.33. The Balaban J connectivity index is 1.96. The molecule has 0 fully saturated rings. The van der Waals surface area contributed by atoms with Gasteiger partial charge in [-0.3, -0.25) is 0 Å². The van der Waals surface area contributed by atoms with Crippen molar-refractivity contribution < 1.29 is 19.1 Å². The number of carbonyl (C=O) groups excluding carboxylic acids is 2. The van der Waals surface area contributed by atoms with E-state index in [0.29, 0.717) is 17.0 Å². The Hall–Kier alpha value is -2.55. The molecule has 0 saturated heterocycles. The van der Waals surface area contributed by atoms with E-state index < -0.39 is 18.0 Å². The van der Waals surface area contributed by atoms with Gasteiger partial charge in [-0.15, -0.1) is 0 Å². The van der Waals surface area contributed by atoms with Crippen LogP contribution in [0, 0.1) is 3.57 Å². The van der Waals surface area contributed by atoms with Crippen LogP contribution in [0.5, 0.6) is 5.75 Å². The standard InChI is InChI=1S/C20H19IN2O4/c1-2-26-19(24)17-15(12-27-16-11-7-6-10-14(16)21)22-20(25)23-18(17)13-8-4-3-5-9-13/h3-11,18H,2,12H2,1H3,(H2,22,23,25). The van der Waals surface area contributed by atoms with Gasteiger partial charge in [-0.05, 0) is 47.2 Å². The van der Waals surface area contributed by atoms with Crippen molar-refractivity contribution in [1.82, 2.24) is 10.6 Å². The van der Waals surface area contributed by atoms with Gasteiger partial charge in [0.25, 0.3) is 0 Å². The first-order valence-corrected chi connectivity index (χ1v) is 9.58. The summed E-state index contributed by atoms with van der Waals surface area (Å²) >= 11 is 2.17. The molecule has 1 aliphatic heterocycles. The monoisotopic (exact) mass is 478 g/mol. The third-order valence-corrected chi connectivity index (χ3v) is 4.88. The SMILES string of the molecule is CCOC(=O)C1=C(COc2ccccc2I)NC(=O)NC1c1ccccc1. The maximum atomic E-state index is 12.6. The number of carbonyl (C=O) groups is 2. The fraction of sp³-hybridized carbons (Fsp3) is 0.200. The van der Waals surface area contributed by atoms with Crippen molar-refractivity contribution in [3.63, 3.8) is 0 Å². The molecule has 140 valence electrons. The number of rotatable bonds is 6. The summed E-state index contributed by atoms with van der Waals surface area (Å²) in [5, 5.41) is 5.49. The molecule has 1 atom stereocenters. The Kier molecular flexibility index (Phi) is 6.33. The van der Waals surface area contributed by atoms with Gasteiger partial charge in [0.05, 0.1) is 27.5 Å². The number of hydrogen-bond acceptors (Lipinski definition) is 4. The molecule has 2 aromatic carbocycles. The maximum absolute atomic E-state index is 12.6. The van der Waals surface area contributed by atoms with Gasteiger partial charge >= 0.3 is 12.0 Å². The Morgan fingerprint density at radius 3 is 2.52 bits per heavy atom. The minimum Gasteiger partial charge on any atom is -0.486 e. The molecule has 2 N–H and O–H groups in total. The number of halogens is 1. The van der Waals surface area contributed by atoms with Gasteiger partial charge in [0, 0.05) is 0 Å². The maximum Gasteiger partial charge on any atom is 0.338 e. The molecule has 27 heavy (non-hydrogen) atoms. The molecule has 2 amide bonds. The highest BCUT2D eigenvalue weighted by atomic mass is 127. The van der Waals surface area contributed by atoms with Crippen molar-refractivity contribution in [2.75, 3.05) is 13.2 Å². The number of esters is 1. The fourth-order valence-electron chi connectivity index (χ4n) is 2.79. The summed E-state index contributed by atoms with van der Waals surface area (Å²) in [4.78, 5) is 24.8. The molecule has 0 aromatic heterocycles. The van der Waals surface area contributed by atoms with E-state index in [4.69, 9.17) is 9.47 Å². The average Bonchev–Trinajstić information content (AvgIpc) is 2.67. The number of ether oxygens (including phenoxy) is 2. The Morgan fingerprint density at radius 2 is 1.81 bits per heavy atom. The van der Waals surface area contributed by atoms with Gasteiger partial charge < -0.3 is 20.1 Å². The van der Waals surface area contributed by atoms with Crippen LogP contribution in [-0.2, 0) is 9.53 Å². The van der Waals surface area contributed by atoms with Gasteiger partial charge in [0.2, 0.25) is 0 Å². The predicted molar refractivity (Wildman–Crippen MR) is 109 cm³/mol. The predicted octanol–water partition coefficient (Wildman–Crippen LogP) is 3.54. The molecule has 0 spiro atoms. The summed E-state index contributed by atoms with van der Waals surface area (Å²) in [6.07, 6.45) is 0. The molecule has 6 nitrogen and oxygen atoms in total. The van der Waals surface area contributed by atoms with E-state index in [1.807, 2.05) is 54.6 Å². The van der Waals surface area contributed by atoms with E-state index in [1.54, 1.807) is 6.92 Å². The molecule has 0 radical (unpaired) electrons. The van der Waals surface area contributed by atoms with Crippen LogP contribution in [0.2, 0.25) is 0 Å². The van der Waals surface area contributed by atoms with Crippen LogP contribution in [0.3, 0.4) is 0 Å². The molecule has 1 unspecified atom stereocenters. The zero-order chi connectivity index (χ0) is 19.2. The summed E-state index contributed by atoms with van der Waals surface area (Å²) in [6.45, 7) is 2.03. The second-order valence-electron chi connectivity index (χ2n) is 5.77. The molecule has 1 heterocycles. The lowest BCUT2D eigenvalue weighted by atomic mass is 9.95. The summed E-state index contributed by atoms with van der Waals surface area (Å²) in [5.41, 5.74) is 1.53. The average molecular weight is 478 g/mol. The summed E-state index contributed by atoms with van der Waals surface area (Å²) in [6, 6.07) is 15.8. The lowest BCUT2D eigenvalue weighted by Gasteiger charge is -2.29. The van der Waals surface area contributed by atoms with E-state index in [-0.39, 0.29) is 13.2 Å². The lowest BCUT2D eigenvalue weighted by molar-refractivity contribution is -0.139. The van der Waals surface area contributed by atoms with E-state index in [2.05, 4.69) is 33.2 Å². The van der Waals surface area contributed by atoms with Crippen molar-refractivity contribution >= 4 is 34.6 Å². The van der Waals surface area contributed by atoms with E-state index >= 15 is 0 Å². The van der Waals surface area contributed by atoms with Crippen molar-refractivity contribution in [1.29, 1.82) is 0 Å². The number of para-hydroxylation sites is 1. The number of nitrogens with one attached hydrogen (secondary N) is 2. The Morgan fingerprint density at radius 1 is 1.11 bits per heavy atom. The van der Waals surface area contributed by atoms with Crippen molar-refractivity contribution in [2.45, 2.75) is 13.0 Å². The van der Waals surface area contributed by atoms with Crippen molar-refractivity contribution in [3.05, 3.63) is 75.0 Å². The first-order valence-electron chi connectivity index (χ1n) is 8.50. The third-order valence-electron chi connectivity index (χ3n) is 3.99. The molecule has 0 bridgehead atoms. The topological polar surface area (TPSA) is 76.7 Å². The molecule has 3 rings (SSSR count). The largest absolute Gasteiger partial charge is 0.486 e. The zero-order valence-corrected chi connectivity index (χ0v) is 16.9. The quantitative estimate of drug-likeness (QED) is 0.492. The van der Waals surface area contributed by atoms with Gasteiger partial charge in [0.15, 0.2) is 0 Å². The molecule has 0 aliphatic carbocycles. The smallest absolute Gasteiger partial charge is 0.338 e. The number of amides is 2. The summed E-state index contributed by atoms with van der Waals surface area (Å²) < 4.78 is 12.0. The highest BCUT2D eigenvalue weighted by molar-refractivity contribution is 14.1. The molecular weight excluding hydrogens is 459 g/mol. The van der Waals surface area contributed by atoms with E-state index in [9.17, 15) is 9.59 Å². The second-order valence-corrected chi connectivity index (χ2v) is 6.94. The Labute approximate surface area is 171 Å². The van der Waals surface area contributed by atoms with Gasteiger partial charge in [-0.1, -0.05) is 42.5 Å². The van der Waals surface area contributed by atoms with Crippen LogP contribution in [0.1, 0.15) is 18.5 Å². The fourth-order valence-corrected chi connectivity index (χ4v) is 3.33. The minimum atomic E-state index is -0.604. The number of hydrogen-bond donors (Lipinski definition) is 2. The third kappa shape index (κ3) is 4.60.